The van der Waals surface area contributed by atoms with Crippen molar-refractivity contribution in [3.8, 4) is 0 Å². The smallest absolute Gasteiger partial charge is 0.253 e. The lowest BCUT2D eigenvalue weighted by atomic mass is 10.1. The van der Waals surface area contributed by atoms with Crippen LogP contribution in [0.2, 0.25) is 0 Å². The van der Waals surface area contributed by atoms with Crippen LogP contribution in [0.15, 0.2) is 42.5 Å². The molecule has 0 saturated carbocycles. The molecule has 0 spiro atoms. The fourth-order valence-corrected chi connectivity index (χ4v) is 3.10. The van der Waals surface area contributed by atoms with Crippen LogP contribution in [0.25, 0.3) is 0 Å². The van der Waals surface area contributed by atoms with E-state index in [4.69, 9.17) is 0 Å². The molecule has 1 saturated heterocycles. The molecule has 148 valence electrons. The van der Waals surface area contributed by atoms with E-state index in [1.165, 1.54) is 0 Å². The van der Waals surface area contributed by atoms with Crippen LogP contribution in [0, 0.1) is 17.5 Å². The maximum atomic E-state index is 13.7. The van der Waals surface area contributed by atoms with Crippen molar-refractivity contribution in [3.05, 3.63) is 65.5 Å². The number of amides is 2. The molecule has 1 atom stereocenters. The van der Waals surface area contributed by atoms with Crippen LogP contribution in [0.1, 0.15) is 17.3 Å². The highest BCUT2D eigenvalue weighted by Gasteiger charge is 2.28. The van der Waals surface area contributed by atoms with Gasteiger partial charge in [0, 0.05) is 31.7 Å². The van der Waals surface area contributed by atoms with Crippen LogP contribution >= 0.6 is 0 Å². The molecule has 2 amide bonds. The van der Waals surface area contributed by atoms with Crippen molar-refractivity contribution in [2.75, 3.05) is 31.5 Å². The van der Waals surface area contributed by atoms with Crippen molar-refractivity contribution in [1.82, 2.24) is 9.80 Å². The summed E-state index contributed by atoms with van der Waals surface area (Å²) in [6, 6.07) is 10.1. The number of nitrogens with one attached hydrogen (secondary N) is 1. The van der Waals surface area contributed by atoms with Crippen LogP contribution in [0.3, 0.4) is 0 Å². The second-order valence-corrected chi connectivity index (χ2v) is 6.58. The molecule has 2 aromatic rings. The molecule has 0 unspecified atom stereocenters. The van der Waals surface area contributed by atoms with Gasteiger partial charge in [0.25, 0.3) is 5.91 Å². The highest BCUT2D eigenvalue weighted by atomic mass is 19.2. The number of halogens is 3. The number of rotatable bonds is 4. The zero-order valence-corrected chi connectivity index (χ0v) is 15.3. The first-order chi connectivity index (χ1) is 13.4. The summed E-state index contributed by atoms with van der Waals surface area (Å²) in [6.45, 7) is 3.47. The topological polar surface area (TPSA) is 52.7 Å². The molecule has 5 nitrogen and oxygen atoms in total. The van der Waals surface area contributed by atoms with E-state index >= 15 is 0 Å². The SMILES string of the molecule is C[C@@H](C(=O)Nc1ccc(F)c(F)c1F)N1CCN(C(=O)c2ccccc2)CC1. The lowest BCUT2D eigenvalue weighted by molar-refractivity contribution is -0.121. The number of hydrogen-bond donors (Lipinski definition) is 1. The number of nitrogens with zero attached hydrogens (tertiary/aromatic N) is 2. The Bertz CT molecular complexity index is 868. The third kappa shape index (κ3) is 4.17. The largest absolute Gasteiger partial charge is 0.336 e. The van der Waals surface area contributed by atoms with E-state index in [0.717, 1.165) is 12.1 Å². The van der Waals surface area contributed by atoms with E-state index < -0.39 is 35.1 Å². The molecule has 1 aliphatic rings. The molecule has 0 radical (unpaired) electrons. The van der Waals surface area contributed by atoms with Gasteiger partial charge >= 0.3 is 0 Å². The number of anilines is 1. The molecule has 0 bridgehead atoms. The molecule has 1 aliphatic heterocycles. The fraction of sp³-hybridized carbons (Fsp3) is 0.300. The van der Waals surface area contributed by atoms with Gasteiger partial charge in [-0.25, -0.2) is 13.2 Å². The minimum absolute atomic E-state index is 0.0683. The van der Waals surface area contributed by atoms with Crippen LogP contribution in [-0.2, 0) is 4.79 Å². The van der Waals surface area contributed by atoms with Crippen molar-refractivity contribution in [3.63, 3.8) is 0 Å². The number of piperazine rings is 1. The average molecular weight is 391 g/mol. The maximum absolute atomic E-state index is 13.7. The third-order valence-corrected chi connectivity index (χ3v) is 4.84. The first kappa shape index (κ1) is 19.9. The molecule has 8 heteroatoms. The Labute approximate surface area is 160 Å². The zero-order valence-electron chi connectivity index (χ0n) is 15.3. The van der Waals surface area contributed by atoms with Crippen LogP contribution in [0.5, 0.6) is 0 Å². The molecule has 28 heavy (non-hydrogen) atoms. The Morgan fingerprint density at radius 2 is 1.57 bits per heavy atom. The predicted molar refractivity (Wildman–Crippen MR) is 98.3 cm³/mol. The lowest BCUT2D eigenvalue weighted by Gasteiger charge is -2.37. The molecule has 1 fully saturated rings. The van der Waals surface area contributed by atoms with Crippen molar-refractivity contribution >= 4 is 17.5 Å². The molecular weight excluding hydrogens is 371 g/mol. The van der Waals surface area contributed by atoms with E-state index in [-0.39, 0.29) is 5.91 Å². The number of benzene rings is 2. The van der Waals surface area contributed by atoms with Gasteiger partial charge in [-0.2, -0.15) is 0 Å². The summed E-state index contributed by atoms with van der Waals surface area (Å²) in [4.78, 5) is 28.4. The molecule has 1 N–H and O–H groups in total. The third-order valence-electron chi connectivity index (χ3n) is 4.84. The monoisotopic (exact) mass is 391 g/mol. The standard InChI is InChI=1S/C20H20F3N3O2/c1-13(19(27)24-16-8-7-15(21)17(22)18(16)23)25-9-11-26(12-10-25)20(28)14-5-3-2-4-6-14/h2-8,13H,9-12H2,1H3,(H,24,27)/t13-/m0/s1. The Kier molecular flexibility index (Phi) is 5.99. The van der Waals surface area contributed by atoms with Gasteiger partial charge in [0.1, 0.15) is 0 Å². The normalized spacial score (nSPS) is 15.9. The minimum Gasteiger partial charge on any atom is -0.336 e. The first-order valence-corrected chi connectivity index (χ1v) is 8.91. The van der Waals surface area contributed by atoms with Crippen molar-refractivity contribution in [2.24, 2.45) is 0 Å². The molecule has 0 aliphatic carbocycles. The van der Waals surface area contributed by atoms with E-state index in [0.29, 0.717) is 31.7 Å². The number of carbonyl (C=O) groups is 2. The van der Waals surface area contributed by atoms with E-state index in [2.05, 4.69) is 5.32 Å². The van der Waals surface area contributed by atoms with Gasteiger partial charge in [0.15, 0.2) is 17.5 Å². The van der Waals surface area contributed by atoms with Gasteiger partial charge in [-0.1, -0.05) is 18.2 Å². The predicted octanol–water partition coefficient (Wildman–Crippen LogP) is 2.89. The van der Waals surface area contributed by atoms with Gasteiger partial charge in [0.2, 0.25) is 5.91 Å². The summed E-state index contributed by atoms with van der Waals surface area (Å²) in [5.41, 5.74) is 0.198. The zero-order chi connectivity index (χ0) is 20.3. The Balaban J connectivity index is 1.57. The van der Waals surface area contributed by atoms with E-state index in [9.17, 15) is 22.8 Å². The van der Waals surface area contributed by atoms with Crippen LogP contribution < -0.4 is 5.32 Å². The van der Waals surface area contributed by atoms with Crippen molar-refractivity contribution in [2.45, 2.75) is 13.0 Å². The Morgan fingerprint density at radius 1 is 0.929 bits per heavy atom. The van der Waals surface area contributed by atoms with Crippen LogP contribution in [-0.4, -0.2) is 53.8 Å². The highest BCUT2D eigenvalue weighted by molar-refractivity contribution is 5.95. The van der Waals surface area contributed by atoms with Gasteiger partial charge in [-0.3, -0.25) is 14.5 Å². The lowest BCUT2D eigenvalue weighted by Crippen LogP contribution is -2.54. The van der Waals surface area contributed by atoms with E-state index in [1.807, 2.05) is 11.0 Å². The summed E-state index contributed by atoms with van der Waals surface area (Å²) >= 11 is 0. The second-order valence-electron chi connectivity index (χ2n) is 6.58. The summed E-state index contributed by atoms with van der Waals surface area (Å²) in [5, 5.41) is 2.29. The summed E-state index contributed by atoms with van der Waals surface area (Å²) in [5.74, 6) is -4.98. The average Bonchev–Trinajstić information content (AvgIpc) is 2.73. The molecule has 1 heterocycles. The summed E-state index contributed by atoms with van der Waals surface area (Å²) in [6.07, 6.45) is 0. The van der Waals surface area contributed by atoms with Crippen molar-refractivity contribution in [1.29, 1.82) is 0 Å². The van der Waals surface area contributed by atoms with Crippen molar-refractivity contribution < 1.29 is 22.8 Å². The highest BCUT2D eigenvalue weighted by Crippen LogP contribution is 2.20. The van der Waals surface area contributed by atoms with Crippen LogP contribution in [0.4, 0.5) is 18.9 Å². The Morgan fingerprint density at radius 3 is 2.21 bits per heavy atom. The molecular formula is C20H20F3N3O2. The first-order valence-electron chi connectivity index (χ1n) is 8.91. The molecule has 3 rings (SSSR count). The second kappa shape index (κ2) is 8.43. The maximum Gasteiger partial charge on any atom is 0.253 e. The van der Waals surface area contributed by atoms with Gasteiger partial charge in [0.05, 0.1) is 11.7 Å². The summed E-state index contributed by atoms with van der Waals surface area (Å²) < 4.78 is 40.1. The van der Waals surface area contributed by atoms with Gasteiger partial charge in [-0.15, -0.1) is 0 Å². The molecule has 0 aromatic heterocycles. The number of hydrogen-bond acceptors (Lipinski definition) is 3. The number of carbonyl (C=O) groups excluding carboxylic acids is 2. The van der Waals surface area contributed by atoms with Gasteiger partial charge < -0.3 is 10.2 Å². The van der Waals surface area contributed by atoms with E-state index in [1.54, 1.807) is 36.1 Å². The fourth-order valence-electron chi connectivity index (χ4n) is 3.10. The summed E-state index contributed by atoms with van der Waals surface area (Å²) in [7, 11) is 0. The molecule has 2 aromatic carbocycles. The minimum atomic E-state index is -1.63. The Hall–Kier alpha value is -2.87. The van der Waals surface area contributed by atoms with Gasteiger partial charge in [-0.05, 0) is 31.2 Å². The quantitative estimate of drug-likeness (QED) is 0.816.